The third-order valence-electron chi connectivity index (χ3n) is 2.84. The number of likely N-dealkylation sites (N-methyl/N-ethyl adjacent to an activating group) is 1. The van der Waals surface area contributed by atoms with E-state index < -0.39 is 6.43 Å². The second-order valence-electron chi connectivity index (χ2n) is 4.17. The highest BCUT2D eigenvalue weighted by Crippen LogP contribution is 2.27. The van der Waals surface area contributed by atoms with Crippen LogP contribution in [0.3, 0.4) is 0 Å². The molecule has 2 rings (SSSR count). The Bertz CT molecular complexity index is 352. The van der Waals surface area contributed by atoms with E-state index in [0.717, 1.165) is 19.5 Å². The molecule has 0 aliphatic carbocycles. The van der Waals surface area contributed by atoms with Crippen molar-refractivity contribution in [3.05, 3.63) is 21.4 Å². The number of fused-ring (bicyclic) bond motifs is 1. The maximum Gasteiger partial charge on any atom is 0.250 e. The lowest BCUT2D eigenvalue weighted by molar-refractivity contribution is 0.145. The van der Waals surface area contributed by atoms with Gasteiger partial charge in [0.2, 0.25) is 0 Å². The van der Waals surface area contributed by atoms with Gasteiger partial charge in [0.15, 0.2) is 0 Å². The SMILES string of the molecule is CN1CCc2c(CNCC(F)F)csc2C1. The van der Waals surface area contributed by atoms with Crippen LogP contribution in [0.2, 0.25) is 0 Å². The molecule has 0 unspecified atom stereocenters. The fourth-order valence-corrected chi connectivity index (χ4v) is 3.17. The van der Waals surface area contributed by atoms with Crippen LogP contribution in [0.25, 0.3) is 0 Å². The first kappa shape index (κ1) is 12.0. The van der Waals surface area contributed by atoms with Crippen molar-refractivity contribution < 1.29 is 8.78 Å². The largest absolute Gasteiger partial charge is 0.307 e. The van der Waals surface area contributed by atoms with E-state index in [1.54, 1.807) is 11.3 Å². The third-order valence-corrected chi connectivity index (χ3v) is 3.90. The van der Waals surface area contributed by atoms with Gasteiger partial charge in [0, 0.05) is 24.5 Å². The molecule has 0 spiro atoms. The molecule has 1 aromatic heterocycles. The first-order valence-corrected chi connectivity index (χ1v) is 6.30. The number of nitrogens with one attached hydrogen (secondary N) is 1. The van der Waals surface area contributed by atoms with Crippen LogP contribution < -0.4 is 5.32 Å². The van der Waals surface area contributed by atoms with Crippen LogP contribution in [0.4, 0.5) is 8.78 Å². The van der Waals surface area contributed by atoms with Gasteiger partial charge in [-0.3, -0.25) is 0 Å². The number of thiophene rings is 1. The van der Waals surface area contributed by atoms with Gasteiger partial charge in [-0.05, 0) is 30.0 Å². The summed E-state index contributed by atoms with van der Waals surface area (Å²) in [6, 6.07) is 0. The Labute approximate surface area is 98.3 Å². The third kappa shape index (κ3) is 2.78. The molecule has 90 valence electrons. The number of hydrogen-bond acceptors (Lipinski definition) is 3. The average Bonchev–Trinajstić information content (AvgIpc) is 2.60. The Morgan fingerprint density at radius 1 is 1.56 bits per heavy atom. The van der Waals surface area contributed by atoms with Crippen molar-refractivity contribution in [1.29, 1.82) is 0 Å². The molecule has 1 aromatic rings. The molecule has 0 atom stereocenters. The molecule has 0 saturated heterocycles. The predicted octanol–water partition coefficient (Wildman–Crippen LogP) is 2.09. The Hall–Kier alpha value is -0.520. The molecule has 0 saturated carbocycles. The summed E-state index contributed by atoms with van der Waals surface area (Å²) in [5.74, 6) is 0. The summed E-state index contributed by atoms with van der Waals surface area (Å²) < 4.78 is 24.0. The van der Waals surface area contributed by atoms with Crippen molar-refractivity contribution in [3.8, 4) is 0 Å². The van der Waals surface area contributed by atoms with Gasteiger partial charge in [-0.2, -0.15) is 0 Å². The molecular weight excluding hydrogens is 230 g/mol. The lowest BCUT2D eigenvalue weighted by Gasteiger charge is -2.22. The zero-order valence-corrected chi connectivity index (χ0v) is 10.1. The van der Waals surface area contributed by atoms with E-state index in [1.165, 1.54) is 16.0 Å². The van der Waals surface area contributed by atoms with Gasteiger partial charge in [-0.1, -0.05) is 0 Å². The molecule has 1 N–H and O–H groups in total. The standard InChI is InChI=1S/C11H16F2N2S/c1-15-3-2-9-8(4-14-5-11(12)13)7-16-10(9)6-15/h7,11,14H,2-6H2,1H3. The van der Waals surface area contributed by atoms with E-state index in [0.29, 0.717) is 6.54 Å². The summed E-state index contributed by atoms with van der Waals surface area (Å²) in [6.07, 6.45) is -1.22. The van der Waals surface area contributed by atoms with E-state index in [9.17, 15) is 8.78 Å². The van der Waals surface area contributed by atoms with Crippen molar-refractivity contribution in [2.45, 2.75) is 25.9 Å². The Morgan fingerprint density at radius 3 is 3.12 bits per heavy atom. The number of halogens is 2. The first-order valence-electron chi connectivity index (χ1n) is 5.42. The molecule has 5 heteroatoms. The van der Waals surface area contributed by atoms with E-state index in [-0.39, 0.29) is 6.54 Å². The van der Waals surface area contributed by atoms with Crippen LogP contribution in [-0.2, 0) is 19.5 Å². The summed E-state index contributed by atoms with van der Waals surface area (Å²) >= 11 is 1.75. The molecule has 0 aromatic carbocycles. The molecule has 1 aliphatic rings. The van der Waals surface area contributed by atoms with Gasteiger partial charge in [0.1, 0.15) is 0 Å². The van der Waals surface area contributed by atoms with Crippen LogP contribution in [-0.4, -0.2) is 31.5 Å². The number of rotatable bonds is 4. The lowest BCUT2D eigenvalue weighted by atomic mass is 10.0. The lowest BCUT2D eigenvalue weighted by Crippen LogP contribution is -2.27. The summed E-state index contributed by atoms with van der Waals surface area (Å²) in [7, 11) is 2.11. The zero-order valence-electron chi connectivity index (χ0n) is 9.30. The number of nitrogens with zero attached hydrogens (tertiary/aromatic N) is 1. The van der Waals surface area contributed by atoms with Crippen LogP contribution in [0.15, 0.2) is 5.38 Å². The van der Waals surface area contributed by atoms with Gasteiger partial charge in [-0.25, -0.2) is 8.78 Å². The van der Waals surface area contributed by atoms with Crippen LogP contribution in [0.5, 0.6) is 0 Å². The monoisotopic (exact) mass is 246 g/mol. The molecular formula is C11H16F2N2S. The Kier molecular flexibility index (Phi) is 3.89. The quantitative estimate of drug-likeness (QED) is 0.875. The maximum absolute atomic E-state index is 12.0. The highest BCUT2D eigenvalue weighted by molar-refractivity contribution is 7.10. The fourth-order valence-electron chi connectivity index (χ4n) is 1.99. The van der Waals surface area contributed by atoms with Crippen LogP contribution in [0, 0.1) is 0 Å². The van der Waals surface area contributed by atoms with Crippen molar-refractivity contribution in [2.75, 3.05) is 20.1 Å². The fraction of sp³-hybridized carbons (Fsp3) is 0.636. The minimum atomic E-state index is -2.26. The van der Waals surface area contributed by atoms with Crippen molar-refractivity contribution in [3.63, 3.8) is 0 Å². The van der Waals surface area contributed by atoms with Gasteiger partial charge in [0.25, 0.3) is 6.43 Å². The zero-order chi connectivity index (χ0) is 11.5. The Balaban J connectivity index is 1.95. The summed E-state index contributed by atoms with van der Waals surface area (Å²) in [5, 5.41) is 4.89. The molecule has 2 heterocycles. The molecule has 2 nitrogen and oxygen atoms in total. The number of alkyl halides is 2. The second kappa shape index (κ2) is 5.21. The molecule has 0 radical (unpaired) electrons. The molecule has 1 aliphatic heterocycles. The van der Waals surface area contributed by atoms with Crippen molar-refractivity contribution in [1.82, 2.24) is 10.2 Å². The minimum Gasteiger partial charge on any atom is -0.307 e. The van der Waals surface area contributed by atoms with Gasteiger partial charge in [0.05, 0.1) is 6.54 Å². The molecule has 0 fully saturated rings. The molecule has 0 amide bonds. The minimum absolute atomic E-state index is 0.218. The van der Waals surface area contributed by atoms with Gasteiger partial charge >= 0.3 is 0 Å². The normalized spacial score (nSPS) is 16.8. The van der Waals surface area contributed by atoms with Crippen molar-refractivity contribution in [2.24, 2.45) is 0 Å². The van der Waals surface area contributed by atoms with E-state index in [2.05, 4.69) is 22.6 Å². The maximum atomic E-state index is 12.0. The van der Waals surface area contributed by atoms with E-state index in [1.807, 2.05) is 0 Å². The highest BCUT2D eigenvalue weighted by atomic mass is 32.1. The van der Waals surface area contributed by atoms with E-state index in [4.69, 9.17) is 0 Å². The van der Waals surface area contributed by atoms with Crippen LogP contribution >= 0.6 is 11.3 Å². The van der Waals surface area contributed by atoms with Crippen LogP contribution in [0.1, 0.15) is 16.0 Å². The Morgan fingerprint density at radius 2 is 2.38 bits per heavy atom. The topological polar surface area (TPSA) is 15.3 Å². The highest BCUT2D eigenvalue weighted by Gasteiger charge is 2.18. The average molecular weight is 246 g/mol. The summed E-state index contributed by atoms with van der Waals surface area (Å²) in [5.41, 5.74) is 2.58. The molecule has 16 heavy (non-hydrogen) atoms. The van der Waals surface area contributed by atoms with Crippen molar-refractivity contribution >= 4 is 11.3 Å². The second-order valence-corrected chi connectivity index (χ2v) is 5.14. The first-order chi connectivity index (χ1) is 7.66. The summed E-state index contributed by atoms with van der Waals surface area (Å²) in [6.45, 7) is 2.41. The predicted molar refractivity (Wildman–Crippen MR) is 62.1 cm³/mol. The van der Waals surface area contributed by atoms with Gasteiger partial charge in [-0.15, -0.1) is 11.3 Å². The molecule has 0 bridgehead atoms. The smallest absolute Gasteiger partial charge is 0.250 e. The summed E-state index contributed by atoms with van der Waals surface area (Å²) in [4.78, 5) is 3.68. The number of hydrogen-bond donors (Lipinski definition) is 1. The van der Waals surface area contributed by atoms with E-state index >= 15 is 0 Å². The van der Waals surface area contributed by atoms with Gasteiger partial charge < -0.3 is 10.2 Å².